The summed E-state index contributed by atoms with van der Waals surface area (Å²) in [5, 5.41) is 9.73. The van der Waals surface area contributed by atoms with Gasteiger partial charge in [-0.2, -0.15) is 0 Å². The van der Waals surface area contributed by atoms with Gasteiger partial charge >= 0.3 is 5.97 Å². The summed E-state index contributed by atoms with van der Waals surface area (Å²) in [6.45, 7) is 7.21. The molecule has 0 aliphatic carbocycles. The molecule has 4 heterocycles. The number of hydrogen-bond acceptors (Lipinski definition) is 8. The van der Waals surface area contributed by atoms with Crippen molar-refractivity contribution < 1.29 is 38.6 Å². The number of β-lactam (4-membered cyclic amide) rings is 1. The lowest BCUT2D eigenvalue weighted by Crippen LogP contribution is -2.55. The number of hydrogen-bond donors (Lipinski definition) is 2. The highest BCUT2D eigenvalue weighted by molar-refractivity contribution is 6.71. The first-order valence-corrected chi connectivity index (χ1v) is 16.6. The number of nitrogens with zero attached hydrogens (tertiary/aromatic N) is 3. The average Bonchev–Trinajstić information content (AvgIpc) is 3.49. The Kier molecular flexibility index (Phi) is 6.89. The molecular weight excluding hydrogens is 522 g/mol. The number of amides is 3. The van der Waals surface area contributed by atoms with Crippen LogP contribution in [0.25, 0.3) is 0 Å². The molecule has 0 bridgehead atoms. The van der Waals surface area contributed by atoms with Crippen LogP contribution in [0.4, 0.5) is 11.4 Å². The minimum Gasteiger partial charge on any atom is -0.441 e. The van der Waals surface area contributed by atoms with E-state index in [-0.39, 0.29) is 43.2 Å². The van der Waals surface area contributed by atoms with Gasteiger partial charge in [0.25, 0.3) is 5.91 Å². The minimum atomic E-state index is -2.96. The summed E-state index contributed by atoms with van der Waals surface area (Å²) in [7, 11) is -1.30. The normalized spacial score (nSPS) is 32.2. The maximum absolute atomic E-state index is 14.0. The molecule has 11 nitrogen and oxygen atoms in total. The molecule has 1 spiro atoms. The van der Waals surface area contributed by atoms with E-state index in [2.05, 4.69) is 0 Å². The fraction of sp³-hybridized carbons (Fsp3) is 0.630. The molecule has 3 fully saturated rings. The molecule has 5 rings (SSSR count). The second-order valence-corrected chi connectivity index (χ2v) is 15.7. The van der Waals surface area contributed by atoms with Crippen molar-refractivity contribution in [3.63, 3.8) is 0 Å². The Balaban J connectivity index is 1.53. The van der Waals surface area contributed by atoms with Crippen LogP contribution in [0.5, 0.6) is 0 Å². The van der Waals surface area contributed by atoms with Crippen LogP contribution in [0.15, 0.2) is 18.2 Å². The summed E-state index contributed by atoms with van der Waals surface area (Å²) in [5.41, 5.74) is -0.212. The molecule has 6 atom stereocenters. The number of carbonyl (C=O) groups excluding carboxylic acids is 4. The van der Waals surface area contributed by atoms with Gasteiger partial charge in [0.2, 0.25) is 11.8 Å². The molecule has 0 saturated carbocycles. The Hall–Kier alpha value is -2.80. The topological polar surface area (TPSA) is 137 Å². The molecule has 2 N–H and O–H groups in total. The fourth-order valence-corrected chi connectivity index (χ4v) is 9.70. The van der Waals surface area contributed by atoms with Crippen molar-refractivity contribution in [1.29, 1.82) is 0 Å². The zero-order valence-electron chi connectivity index (χ0n) is 23.0. The number of benzene rings is 1. The third-order valence-corrected chi connectivity index (χ3v) is 11.4. The predicted molar refractivity (Wildman–Crippen MR) is 143 cm³/mol. The smallest absolute Gasteiger partial charge is 0.304 e. The van der Waals surface area contributed by atoms with Crippen molar-refractivity contribution in [2.24, 2.45) is 5.92 Å². The Morgan fingerprint density at radius 2 is 1.97 bits per heavy atom. The van der Waals surface area contributed by atoms with Gasteiger partial charge in [-0.25, -0.2) is 0 Å². The van der Waals surface area contributed by atoms with Gasteiger partial charge in [-0.1, -0.05) is 6.92 Å². The average molecular weight is 560 g/mol. The largest absolute Gasteiger partial charge is 0.441 e. The van der Waals surface area contributed by atoms with Crippen LogP contribution in [-0.2, 0) is 34.3 Å². The van der Waals surface area contributed by atoms with E-state index in [1.165, 1.54) is 16.7 Å². The number of ether oxygens (including phenoxy) is 2. The summed E-state index contributed by atoms with van der Waals surface area (Å²) >= 11 is 0. The van der Waals surface area contributed by atoms with Crippen molar-refractivity contribution in [1.82, 2.24) is 4.90 Å². The lowest BCUT2D eigenvalue weighted by atomic mass is 9.82. The number of aliphatic hydroxyl groups is 1. The number of aliphatic hydroxyl groups excluding tert-OH is 1. The Bertz CT molecular complexity index is 1220. The number of anilines is 2. The van der Waals surface area contributed by atoms with Crippen molar-refractivity contribution in [3.05, 3.63) is 23.8 Å². The van der Waals surface area contributed by atoms with E-state index in [4.69, 9.17) is 9.47 Å². The quantitative estimate of drug-likeness (QED) is 0.304. The first-order chi connectivity index (χ1) is 18.3. The van der Waals surface area contributed by atoms with E-state index in [0.717, 1.165) is 12.8 Å². The number of likely N-dealkylation sites (N-methyl/N-ethyl adjacent to an activating group) is 1. The van der Waals surface area contributed by atoms with E-state index in [1.54, 1.807) is 43.2 Å². The van der Waals surface area contributed by atoms with Gasteiger partial charge in [0.1, 0.15) is 0 Å². The molecule has 4 aliphatic rings. The molecule has 1 unspecified atom stereocenters. The van der Waals surface area contributed by atoms with Crippen LogP contribution in [0.2, 0.25) is 18.6 Å². The Morgan fingerprint density at radius 1 is 1.26 bits per heavy atom. The van der Waals surface area contributed by atoms with Crippen LogP contribution >= 0.6 is 0 Å². The first-order valence-electron chi connectivity index (χ1n) is 13.5. The van der Waals surface area contributed by atoms with Gasteiger partial charge < -0.3 is 29.2 Å². The molecule has 3 saturated heterocycles. The Morgan fingerprint density at radius 3 is 2.59 bits per heavy atom. The molecule has 4 aliphatic heterocycles. The van der Waals surface area contributed by atoms with Crippen molar-refractivity contribution >= 4 is 43.4 Å². The van der Waals surface area contributed by atoms with Crippen molar-refractivity contribution in [3.8, 4) is 0 Å². The zero-order chi connectivity index (χ0) is 28.4. The minimum absolute atomic E-state index is 0.00456. The van der Waals surface area contributed by atoms with E-state index in [0.29, 0.717) is 23.5 Å². The first kappa shape index (κ1) is 27.8. The summed E-state index contributed by atoms with van der Waals surface area (Å²) < 4.78 is 11.9. The summed E-state index contributed by atoms with van der Waals surface area (Å²) in [4.78, 5) is 67.4. The SMILES string of the molecule is CC(=O)OC1CC(=O)N1c1ccc2c(c1)[C@@]1(O[C@H](CC(=O)N3CCC[C@H]3CO)[C@@H]([Si](C)(C)O)[C@@H]1C)C(=O)N2C. The number of fused-ring (bicyclic) bond motifs is 2. The molecule has 0 radical (unpaired) electrons. The third-order valence-electron chi connectivity index (χ3n) is 8.87. The van der Waals surface area contributed by atoms with Gasteiger partial charge in [-0.05, 0) is 44.1 Å². The molecule has 0 aromatic heterocycles. The highest BCUT2D eigenvalue weighted by Crippen LogP contribution is 2.60. The highest BCUT2D eigenvalue weighted by Gasteiger charge is 2.66. The monoisotopic (exact) mass is 559 g/mol. The van der Waals surface area contributed by atoms with Gasteiger partial charge in [0, 0.05) is 43.2 Å². The fourth-order valence-electron chi connectivity index (χ4n) is 7.15. The van der Waals surface area contributed by atoms with E-state index in [9.17, 15) is 29.1 Å². The van der Waals surface area contributed by atoms with Gasteiger partial charge in [0.15, 0.2) is 20.1 Å². The van der Waals surface area contributed by atoms with Gasteiger partial charge in [-0.15, -0.1) is 0 Å². The molecule has 1 aromatic rings. The Labute approximate surface area is 228 Å². The van der Waals surface area contributed by atoms with Crippen molar-refractivity contribution in [2.45, 2.75) is 82.1 Å². The zero-order valence-corrected chi connectivity index (χ0v) is 24.0. The van der Waals surface area contributed by atoms with Crippen LogP contribution < -0.4 is 9.80 Å². The van der Waals surface area contributed by atoms with E-state index >= 15 is 0 Å². The molecule has 3 amide bonds. The second-order valence-electron chi connectivity index (χ2n) is 11.7. The lowest BCUT2D eigenvalue weighted by molar-refractivity contribution is -0.154. The third kappa shape index (κ3) is 4.28. The summed E-state index contributed by atoms with van der Waals surface area (Å²) in [5.74, 6) is -1.61. The highest BCUT2D eigenvalue weighted by atomic mass is 28.4. The number of carbonyl (C=O) groups is 4. The number of rotatable bonds is 6. The second kappa shape index (κ2) is 9.68. The maximum Gasteiger partial charge on any atom is 0.304 e. The number of esters is 1. The van der Waals surface area contributed by atoms with Crippen molar-refractivity contribution in [2.75, 3.05) is 30.0 Å². The summed E-state index contributed by atoms with van der Waals surface area (Å²) in [6.07, 6.45) is 0.203. The van der Waals surface area contributed by atoms with Gasteiger partial charge in [0.05, 0.1) is 37.3 Å². The van der Waals surface area contributed by atoms with E-state index in [1.807, 2.05) is 6.92 Å². The number of likely N-dealkylation sites (tertiary alicyclic amines) is 1. The molecule has 1 aromatic carbocycles. The maximum atomic E-state index is 14.0. The summed E-state index contributed by atoms with van der Waals surface area (Å²) in [6, 6.07) is 4.95. The van der Waals surface area contributed by atoms with Crippen LogP contribution in [0.3, 0.4) is 0 Å². The van der Waals surface area contributed by atoms with Gasteiger partial charge in [-0.3, -0.25) is 24.1 Å². The lowest BCUT2D eigenvalue weighted by Gasteiger charge is -2.39. The molecule has 12 heteroatoms. The van der Waals surface area contributed by atoms with Crippen LogP contribution in [0.1, 0.15) is 45.1 Å². The molecule has 39 heavy (non-hydrogen) atoms. The molecule has 212 valence electrons. The van der Waals surface area contributed by atoms with E-state index < -0.39 is 43.7 Å². The van der Waals surface area contributed by atoms with Crippen LogP contribution in [0, 0.1) is 5.92 Å². The van der Waals surface area contributed by atoms with Crippen LogP contribution in [-0.4, -0.2) is 85.4 Å². The standard InChI is InChI=1S/C27H37N3O8Si/c1-15-25(39(4,5)36)21(12-22(33)29-10-6-7-18(29)14-31)38-27(15)19-11-17(8-9-20(19)28(3)26(27)35)30-23(34)13-24(30)37-16(2)32/h8-9,11,15,18,21,24-25,31,36H,6-7,10,12-14H2,1-5H3/t15-,18-,21+,24?,25-,27+/m0/s1. The molecular formula is C27H37N3O8Si. The predicted octanol–water partition coefficient (Wildman–Crippen LogP) is 1.46.